The first kappa shape index (κ1) is 13.9. The molecule has 0 spiro atoms. The molecule has 0 N–H and O–H groups in total. The van der Waals surface area contributed by atoms with Crippen LogP contribution >= 0.6 is 11.8 Å². The van der Waals surface area contributed by atoms with Gasteiger partial charge in [0.05, 0.1) is 6.54 Å². The van der Waals surface area contributed by atoms with Crippen molar-refractivity contribution >= 4 is 29.3 Å². The number of amides is 2. The van der Waals surface area contributed by atoms with Crippen molar-refractivity contribution in [2.45, 2.75) is 18.6 Å². The summed E-state index contributed by atoms with van der Waals surface area (Å²) in [6.07, 6.45) is 3.73. The van der Waals surface area contributed by atoms with Crippen molar-refractivity contribution in [3.63, 3.8) is 0 Å². The number of aromatic nitrogens is 2. The van der Waals surface area contributed by atoms with Crippen LogP contribution in [0, 0.1) is 6.92 Å². The second kappa shape index (κ2) is 5.37. The smallest absolute Gasteiger partial charge is 0.289 e. The van der Waals surface area contributed by atoms with Gasteiger partial charge in [0.15, 0.2) is 5.16 Å². The topological polar surface area (TPSA) is 49.3 Å². The monoisotopic (exact) mass is 300 g/mol. The van der Waals surface area contributed by atoms with Gasteiger partial charge in [0, 0.05) is 24.5 Å². The van der Waals surface area contributed by atoms with E-state index in [4.69, 9.17) is 0 Å². The Morgan fingerprint density at radius 1 is 1.33 bits per heavy atom. The zero-order valence-electron chi connectivity index (χ0n) is 12.2. The SMILES string of the molecule is CSc1ncc2c(n1)N(C)C(=O)N(c1cccc(C)c1)C2. The first-order valence-electron chi connectivity index (χ1n) is 6.62. The normalized spacial score (nSPS) is 14.3. The van der Waals surface area contributed by atoms with E-state index in [0.717, 1.165) is 16.8 Å². The van der Waals surface area contributed by atoms with Crippen LogP contribution in [0.5, 0.6) is 0 Å². The molecule has 6 heteroatoms. The number of urea groups is 1. The molecule has 1 aliphatic rings. The molecule has 0 saturated carbocycles. The summed E-state index contributed by atoms with van der Waals surface area (Å²) in [5.74, 6) is 0.697. The van der Waals surface area contributed by atoms with Gasteiger partial charge in [-0.15, -0.1) is 0 Å². The fourth-order valence-corrected chi connectivity index (χ4v) is 2.73. The maximum atomic E-state index is 12.6. The summed E-state index contributed by atoms with van der Waals surface area (Å²) >= 11 is 1.47. The van der Waals surface area contributed by atoms with Gasteiger partial charge < -0.3 is 0 Å². The minimum atomic E-state index is -0.0705. The molecule has 2 amide bonds. The van der Waals surface area contributed by atoms with E-state index in [1.807, 2.05) is 37.4 Å². The number of thioether (sulfide) groups is 1. The van der Waals surface area contributed by atoms with Gasteiger partial charge in [0.25, 0.3) is 0 Å². The lowest BCUT2D eigenvalue weighted by atomic mass is 10.1. The quantitative estimate of drug-likeness (QED) is 0.632. The average Bonchev–Trinajstić information content (AvgIpc) is 2.50. The first-order valence-corrected chi connectivity index (χ1v) is 7.84. The summed E-state index contributed by atoms with van der Waals surface area (Å²) in [7, 11) is 1.75. The van der Waals surface area contributed by atoms with E-state index in [1.54, 1.807) is 23.0 Å². The average molecular weight is 300 g/mol. The van der Waals surface area contributed by atoms with Gasteiger partial charge in [-0.2, -0.15) is 0 Å². The molecule has 0 unspecified atom stereocenters. The van der Waals surface area contributed by atoms with Crippen molar-refractivity contribution in [3.8, 4) is 0 Å². The fraction of sp³-hybridized carbons (Fsp3) is 0.267. The third kappa shape index (κ3) is 2.47. The van der Waals surface area contributed by atoms with Gasteiger partial charge in [-0.1, -0.05) is 23.9 Å². The first-order chi connectivity index (χ1) is 10.1. The maximum absolute atomic E-state index is 12.6. The highest BCUT2D eigenvalue weighted by molar-refractivity contribution is 7.98. The summed E-state index contributed by atoms with van der Waals surface area (Å²) in [5.41, 5.74) is 2.98. The van der Waals surface area contributed by atoms with Gasteiger partial charge in [-0.05, 0) is 30.9 Å². The largest absolute Gasteiger partial charge is 0.330 e. The van der Waals surface area contributed by atoms with Gasteiger partial charge >= 0.3 is 6.03 Å². The van der Waals surface area contributed by atoms with Crippen LogP contribution in [0.1, 0.15) is 11.1 Å². The number of carbonyl (C=O) groups excluding carboxylic acids is 1. The van der Waals surface area contributed by atoms with Crippen molar-refractivity contribution in [2.75, 3.05) is 23.1 Å². The van der Waals surface area contributed by atoms with Crippen molar-refractivity contribution in [1.82, 2.24) is 9.97 Å². The van der Waals surface area contributed by atoms with Crippen molar-refractivity contribution in [1.29, 1.82) is 0 Å². The van der Waals surface area contributed by atoms with Crippen LogP contribution in [-0.2, 0) is 6.54 Å². The summed E-state index contributed by atoms with van der Waals surface area (Å²) in [6, 6.07) is 7.86. The van der Waals surface area contributed by atoms with Crippen LogP contribution in [0.4, 0.5) is 16.3 Å². The molecular formula is C15H16N4OS. The second-order valence-electron chi connectivity index (χ2n) is 4.97. The van der Waals surface area contributed by atoms with Crippen LogP contribution in [0.15, 0.2) is 35.6 Å². The highest BCUT2D eigenvalue weighted by Crippen LogP contribution is 2.30. The van der Waals surface area contributed by atoms with E-state index in [9.17, 15) is 4.79 Å². The Kier molecular flexibility index (Phi) is 3.55. The van der Waals surface area contributed by atoms with Crippen LogP contribution in [-0.4, -0.2) is 29.3 Å². The predicted molar refractivity (Wildman–Crippen MR) is 85.0 cm³/mol. The Morgan fingerprint density at radius 2 is 2.14 bits per heavy atom. The number of nitrogens with zero attached hydrogens (tertiary/aromatic N) is 4. The molecule has 0 bridgehead atoms. The summed E-state index contributed by atoms with van der Waals surface area (Å²) in [4.78, 5) is 24.7. The number of hydrogen-bond acceptors (Lipinski definition) is 4. The van der Waals surface area contributed by atoms with E-state index in [0.29, 0.717) is 17.5 Å². The summed E-state index contributed by atoms with van der Waals surface area (Å²) < 4.78 is 0. The highest BCUT2D eigenvalue weighted by Gasteiger charge is 2.30. The van der Waals surface area contributed by atoms with Gasteiger partial charge in [-0.3, -0.25) is 9.80 Å². The van der Waals surface area contributed by atoms with Crippen LogP contribution in [0.25, 0.3) is 0 Å². The number of aryl methyl sites for hydroxylation is 1. The Morgan fingerprint density at radius 3 is 2.86 bits per heavy atom. The number of carbonyl (C=O) groups is 1. The third-order valence-electron chi connectivity index (χ3n) is 3.48. The molecule has 21 heavy (non-hydrogen) atoms. The molecule has 0 saturated heterocycles. The maximum Gasteiger partial charge on any atom is 0.330 e. The zero-order valence-corrected chi connectivity index (χ0v) is 13.0. The molecule has 1 aromatic carbocycles. The molecule has 1 aliphatic heterocycles. The lowest BCUT2D eigenvalue weighted by Crippen LogP contribution is -2.46. The Bertz CT molecular complexity index is 704. The summed E-state index contributed by atoms with van der Waals surface area (Å²) in [5, 5.41) is 0.678. The minimum absolute atomic E-state index is 0.0705. The van der Waals surface area contributed by atoms with E-state index < -0.39 is 0 Å². The van der Waals surface area contributed by atoms with Gasteiger partial charge in [-0.25, -0.2) is 14.8 Å². The predicted octanol–water partition coefficient (Wildman–Crippen LogP) is 3.08. The zero-order chi connectivity index (χ0) is 15.0. The molecular weight excluding hydrogens is 284 g/mol. The Labute approximate surface area is 128 Å². The standard InChI is InChI=1S/C15H16N4OS/c1-10-5-4-6-12(7-10)19-9-11-8-16-14(21-3)17-13(11)18(2)15(19)20/h4-8H,9H2,1-3H3. The molecule has 108 valence electrons. The number of hydrogen-bond donors (Lipinski definition) is 0. The minimum Gasteiger partial charge on any atom is -0.289 e. The van der Waals surface area contributed by atoms with Crippen LogP contribution in [0.2, 0.25) is 0 Å². The molecule has 2 aromatic rings. The number of rotatable bonds is 2. The number of anilines is 2. The van der Waals surface area contributed by atoms with Gasteiger partial charge in [0.2, 0.25) is 0 Å². The van der Waals surface area contributed by atoms with E-state index >= 15 is 0 Å². The van der Waals surface area contributed by atoms with Crippen LogP contribution < -0.4 is 9.80 Å². The third-order valence-corrected chi connectivity index (χ3v) is 4.04. The summed E-state index contributed by atoms with van der Waals surface area (Å²) in [6.45, 7) is 2.51. The van der Waals surface area contributed by atoms with E-state index in [-0.39, 0.29) is 6.03 Å². The van der Waals surface area contributed by atoms with E-state index in [1.165, 1.54) is 11.8 Å². The molecule has 0 radical (unpaired) electrons. The molecule has 1 aromatic heterocycles. The molecule has 0 fully saturated rings. The molecule has 5 nitrogen and oxygen atoms in total. The van der Waals surface area contributed by atoms with E-state index in [2.05, 4.69) is 9.97 Å². The van der Waals surface area contributed by atoms with Gasteiger partial charge in [0.1, 0.15) is 5.82 Å². The Hall–Kier alpha value is -2.08. The molecule has 0 aliphatic carbocycles. The molecule has 3 rings (SSSR count). The van der Waals surface area contributed by atoms with Crippen molar-refractivity contribution < 1.29 is 4.79 Å². The van der Waals surface area contributed by atoms with Crippen LogP contribution in [0.3, 0.4) is 0 Å². The number of benzene rings is 1. The highest BCUT2D eigenvalue weighted by atomic mass is 32.2. The molecule has 0 atom stereocenters. The Balaban J connectivity index is 2.02. The fourth-order valence-electron chi connectivity index (χ4n) is 2.39. The number of fused-ring (bicyclic) bond motifs is 1. The van der Waals surface area contributed by atoms with Crippen molar-refractivity contribution in [3.05, 3.63) is 41.6 Å². The second-order valence-corrected chi connectivity index (χ2v) is 5.75. The lowest BCUT2D eigenvalue weighted by molar-refractivity contribution is 0.251. The molecule has 2 heterocycles. The van der Waals surface area contributed by atoms with Crippen molar-refractivity contribution in [2.24, 2.45) is 0 Å². The lowest BCUT2D eigenvalue weighted by Gasteiger charge is -2.34.